The molecule has 6 heterocycles. The summed E-state index contributed by atoms with van der Waals surface area (Å²) in [5.74, 6) is -11.3. The quantitative estimate of drug-likeness (QED) is 0.0447. The number of rotatable bonds is 7. The highest BCUT2D eigenvalue weighted by Gasteiger charge is 2.50. The summed E-state index contributed by atoms with van der Waals surface area (Å²) < 4.78 is 41.0. The molecule has 5 aliphatic rings. The molecule has 7 N–H and O–H groups in total. The number of Topliss-reactive ketones (excluding diaryl/α,β-unsaturated/α-hetero) is 1. The van der Waals surface area contributed by atoms with E-state index in [4.69, 9.17) is 18.9 Å². The minimum absolute atomic E-state index is 0.0141. The SMILES string of the molecule is CO[C@H]1/C=C/O[C@@]2(C)Oc3c(C)c(O)c4c(O)c(c(/C=N\N5CCN(c6c(F)cn7c(=O)c(C(=O)O)cc(C8CC8)c7c6C)CC5)c(O)c4c3C2=O)NC(=O)/C(C)=C\C=C\[C@H](C)[C@H](O)[C@@H](C)[C@@H](O)[C@@H](C)[C@H](OC(C)=O)[C@@H]1C. The second-order valence-electron chi connectivity index (χ2n) is 20.9. The summed E-state index contributed by atoms with van der Waals surface area (Å²) in [5.41, 5.74) is -0.301. The number of amides is 1. The lowest BCUT2D eigenvalue weighted by Gasteiger charge is -2.38. The molecule has 2 aromatic heterocycles. The molecule has 1 amide bonds. The van der Waals surface area contributed by atoms with Crippen molar-refractivity contribution in [3.05, 3.63) is 98.0 Å². The lowest BCUT2D eigenvalue weighted by Crippen LogP contribution is -2.46. The van der Waals surface area contributed by atoms with Crippen LogP contribution in [0.25, 0.3) is 16.3 Å². The van der Waals surface area contributed by atoms with Gasteiger partial charge in [0.1, 0.15) is 28.9 Å². The van der Waals surface area contributed by atoms with Gasteiger partial charge in [-0.2, -0.15) is 5.10 Å². The number of carboxylic acids is 1. The number of nitrogens with one attached hydrogen (secondary N) is 1. The number of phenols is 3. The number of hydrogen-bond acceptors (Lipinski definition) is 17. The van der Waals surface area contributed by atoms with Crippen molar-refractivity contribution < 1.29 is 73.2 Å². The van der Waals surface area contributed by atoms with Crippen LogP contribution in [0.15, 0.2) is 58.3 Å². The average Bonchev–Trinajstić information content (AvgIpc) is 4.21. The molecule has 2 aromatic carbocycles. The second-order valence-corrected chi connectivity index (χ2v) is 20.9. The number of carbonyl (C=O) groups excluding carboxylic acids is 3. The Labute approximate surface area is 443 Å². The van der Waals surface area contributed by atoms with Crippen LogP contribution in [0.3, 0.4) is 0 Å². The molecule has 9 rings (SSSR count). The second kappa shape index (κ2) is 21.5. The van der Waals surface area contributed by atoms with Gasteiger partial charge in [0.25, 0.3) is 17.2 Å². The predicted molar refractivity (Wildman–Crippen MR) is 282 cm³/mol. The number of ketones is 1. The number of aliphatic hydroxyl groups excluding tert-OH is 2. The first-order valence-corrected chi connectivity index (χ1v) is 25.6. The van der Waals surface area contributed by atoms with E-state index < -0.39 is 117 Å². The van der Waals surface area contributed by atoms with E-state index in [-0.39, 0.29) is 76.9 Å². The number of carboxylic acid groups (broad SMARTS) is 1. The lowest BCUT2D eigenvalue weighted by molar-refractivity contribution is -0.160. The Kier molecular flexibility index (Phi) is 15.6. The van der Waals surface area contributed by atoms with Crippen LogP contribution in [-0.4, -0.2) is 133 Å². The normalized spacial score (nSPS) is 28.1. The number of ether oxygens (including phenoxy) is 4. The van der Waals surface area contributed by atoms with E-state index in [9.17, 15) is 54.6 Å². The topological polar surface area (TPSA) is 279 Å². The van der Waals surface area contributed by atoms with Crippen LogP contribution in [0.2, 0.25) is 0 Å². The third-order valence-corrected chi connectivity index (χ3v) is 15.6. The number of aliphatic hydroxyl groups is 2. The van der Waals surface area contributed by atoms with Crippen molar-refractivity contribution in [3.63, 3.8) is 0 Å². The van der Waals surface area contributed by atoms with Crippen LogP contribution in [0, 0.1) is 43.3 Å². The van der Waals surface area contributed by atoms with Crippen LogP contribution in [0.5, 0.6) is 23.0 Å². The first-order valence-electron chi connectivity index (χ1n) is 25.6. The van der Waals surface area contributed by atoms with Crippen LogP contribution in [-0.2, 0) is 23.8 Å². The molecule has 412 valence electrons. The number of nitrogens with zero attached hydrogens (tertiary/aromatic N) is 4. The van der Waals surface area contributed by atoms with Gasteiger partial charge in [0.15, 0.2) is 11.6 Å². The Morgan fingerprint density at radius 3 is 2.21 bits per heavy atom. The zero-order valence-corrected chi connectivity index (χ0v) is 44.6. The zero-order chi connectivity index (χ0) is 56.3. The Bertz CT molecular complexity index is 3260. The monoisotopic (exact) mass is 1070 g/mol. The fraction of sp³-hybridized carbons (Fsp3) is 0.464. The number of fused-ring (bicyclic) bond motifs is 15. The number of piperazine rings is 1. The van der Waals surface area contributed by atoms with Gasteiger partial charge in [0, 0.05) is 74.2 Å². The van der Waals surface area contributed by atoms with Crippen molar-refractivity contribution in [2.75, 3.05) is 43.5 Å². The number of benzene rings is 2. The van der Waals surface area contributed by atoms with Crippen LogP contribution >= 0.6 is 0 Å². The molecule has 5 bridgehead atoms. The molecule has 4 aliphatic heterocycles. The van der Waals surface area contributed by atoms with Gasteiger partial charge in [-0.25, -0.2) is 9.18 Å². The van der Waals surface area contributed by atoms with Crippen molar-refractivity contribution in [3.8, 4) is 23.0 Å². The number of esters is 1. The summed E-state index contributed by atoms with van der Waals surface area (Å²) in [5, 5.41) is 77.4. The van der Waals surface area contributed by atoms with Crippen molar-refractivity contribution >= 4 is 57.5 Å². The molecular weight excluding hydrogens is 1000 g/mol. The molecule has 0 radical (unpaired) electrons. The molecule has 77 heavy (non-hydrogen) atoms. The number of aromatic nitrogens is 1. The van der Waals surface area contributed by atoms with Gasteiger partial charge in [0.2, 0.25) is 0 Å². The van der Waals surface area contributed by atoms with E-state index >= 15 is 4.39 Å². The molecule has 9 atom stereocenters. The number of carbonyl (C=O) groups is 4. The number of hydrazone groups is 1. The fourth-order valence-electron chi connectivity index (χ4n) is 10.9. The van der Waals surface area contributed by atoms with E-state index in [0.717, 1.165) is 29.7 Å². The first kappa shape index (κ1) is 55.7. The maximum Gasteiger partial charge on any atom is 0.341 e. The zero-order valence-electron chi connectivity index (χ0n) is 44.6. The summed E-state index contributed by atoms with van der Waals surface area (Å²) in [6.45, 7) is 14.7. The van der Waals surface area contributed by atoms with E-state index in [1.165, 1.54) is 59.2 Å². The number of anilines is 2. The lowest BCUT2D eigenvalue weighted by atomic mass is 9.78. The van der Waals surface area contributed by atoms with Crippen LogP contribution in [0.1, 0.15) is 110 Å². The van der Waals surface area contributed by atoms with E-state index in [0.29, 0.717) is 16.6 Å². The summed E-state index contributed by atoms with van der Waals surface area (Å²) in [6.07, 6.45) is 6.95. The van der Waals surface area contributed by atoms with Gasteiger partial charge in [-0.15, -0.1) is 0 Å². The molecule has 0 unspecified atom stereocenters. The smallest absolute Gasteiger partial charge is 0.341 e. The third-order valence-electron chi connectivity index (χ3n) is 15.6. The molecule has 2 fully saturated rings. The molecular formula is C56H66FN5O15. The molecule has 21 heteroatoms. The maximum atomic E-state index is 16.1. The largest absolute Gasteiger partial charge is 0.507 e. The first-order chi connectivity index (χ1) is 36.3. The number of aromatic hydroxyl groups is 3. The summed E-state index contributed by atoms with van der Waals surface area (Å²) in [7, 11) is 1.41. The third kappa shape index (κ3) is 10.2. The van der Waals surface area contributed by atoms with Crippen LogP contribution in [0.4, 0.5) is 15.8 Å². The predicted octanol–water partition coefficient (Wildman–Crippen LogP) is 6.55. The highest BCUT2D eigenvalue weighted by Crippen LogP contribution is 2.55. The Morgan fingerprint density at radius 2 is 1.58 bits per heavy atom. The Hall–Kier alpha value is -7.49. The number of aromatic carboxylic acids is 1. The van der Waals surface area contributed by atoms with Crippen LogP contribution < -0.4 is 20.5 Å². The average molecular weight is 1070 g/mol. The van der Waals surface area contributed by atoms with Crippen molar-refractivity contribution in [1.82, 2.24) is 9.41 Å². The van der Waals surface area contributed by atoms with Crippen molar-refractivity contribution in [2.45, 2.75) is 111 Å². The van der Waals surface area contributed by atoms with Crippen molar-refractivity contribution in [1.29, 1.82) is 0 Å². The number of hydrogen-bond donors (Lipinski definition) is 7. The number of allylic oxidation sites excluding steroid dienone is 2. The van der Waals surface area contributed by atoms with Gasteiger partial charge in [0.05, 0.1) is 83.5 Å². The minimum atomic E-state index is -2.14. The standard InChI is InChI=1S/C56H66FN5O15/c1-25-12-11-13-26(2)53(70)59-42-36(23-58-61-19-17-60(18-20-61)44-28(4)43-34(33-14-15-33)22-35(55(72)73)54(71)62(43)24-37(44)57)48(67)39-40(49(42)68)47(66)31(7)51-41(39)52(69)56(9,77-51)75-21-16-38(74-10)27(3)50(76-32(8)63)30(6)46(65)29(5)45(25)64/h11-13,16,21-25,27,29-30,33,38,45-46,50,64-68H,14-15,17-20H2,1-10H3,(H,59,70)(H,72,73)/b12-11+,21-16+,26-13-,58-23-/t25-,27+,29+,30+,38-,45-,46+,50+,56-/m0/s1. The Morgan fingerprint density at radius 1 is 0.909 bits per heavy atom. The van der Waals surface area contributed by atoms with Gasteiger partial charge in [-0.05, 0) is 62.8 Å². The fourth-order valence-corrected chi connectivity index (χ4v) is 10.9. The van der Waals surface area contributed by atoms with Gasteiger partial charge < -0.3 is 59.8 Å². The summed E-state index contributed by atoms with van der Waals surface area (Å²) >= 11 is 0. The number of halogens is 1. The summed E-state index contributed by atoms with van der Waals surface area (Å²) in [6, 6.07) is 1.39. The number of phenolic OH excluding ortho intramolecular Hbond substituents is 3. The molecule has 1 saturated heterocycles. The number of aryl methyl sites for hydroxylation is 1. The maximum absolute atomic E-state index is 16.1. The molecule has 20 nitrogen and oxygen atoms in total. The van der Waals surface area contributed by atoms with Crippen molar-refractivity contribution in [2.24, 2.45) is 28.8 Å². The van der Waals surface area contributed by atoms with E-state index in [1.807, 2.05) is 0 Å². The van der Waals surface area contributed by atoms with E-state index in [2.05, 4.69) is 10.4 Å². The molecule has 1 saturated carbocycles. The number of pyridine rings is 2. The van der Waals surface area contributed by atoms with E-state index in [1.54, 1.807) is 56.7 Å². The van der Waals surface area contributed by atoms with Gasteiger partial charge in [-0.1, -0.05) is 45.9 Å². The summed E-state index contributed by atoms with van der Waals surface area (Å²) in [4.78, 5) is 68.2. The van der Waals surface area contributed by atoms with Gasteiger partial charge >= 0.3 is 17.7 Å². The minimum Gasteiger partial charge on any atom is -0.507 e. The highest BCUT2D eigenvalue weighted by molar-refractivity contribution is 6.24. The number of methoxy groups -OCH3 is 1. The highest BCUT2D eigenvalue weighted by atomic mass is 19.1. The molecule has 0 spiro atoms. The molecule has 4 aromatic rings. The van der Waals surface area contributed by atoms with Gasteiger partial charge in [-0.3, -0.25) is 28.6 Å². The molecule has 1 aliphatic carbocycles. The Balaban J connectivity index is 1.19.